The molecule has 0 aliphatic heterocycles. The lowest BCUT2D eigenvalue weighted by atomic mass is 9.87. The summed E-state index contributed by atoms with van der Waals surface area (Å²) in [5.41, 5.74) is 3.02. The first kappa shape index (κ1) is 12.0. The average Bonchev–Trinajstić information content (AvgIpc) is 2.52. The lowest BCUT2D eigenvalue weighted by molar-refractivity contribution is 0.350. The van der Waals surface area contributed by atoms with Gasteiger partial charge in [0.2, 0.25) is 0 Å². The van der Waals surface area contributed by atoms with Gasteiger partial charge in [-0.2, -0.15) is 0 Å². The standard InChI is InChI=1S/C14H20BrN/c1-10-6-7-11(15)9-12(10)16-13-5-4-8-14(13,2)3/h6-7,9,13,16H,4-5,8H2,1-3H3. The van der Waals surface area contributed by atoms with Gasteiger partial charge in [-0.25, -0.2) is 0 Å². The van der Waals surface area contributed by atoms with E-state index >= 15 is 0 Å². The van der Waals surface area contributed by atoms with Crippen molar-refractivity contribution in [2.75, 3.05) is 5.32 Å². The molecule has 1 nitrogen and oxygen atoms in total. The SMILES string of the molecule is Cc1ccc(Br)cc1NC1CCCC1(C)C. The van der Waals surface area contributed by atoms with Crippen molar-refractivity contribution < 1.29 is 0 Å². The van der Waals surface area contributed by atoms with Crippen molar-refractivity contribution >= 4 is 21.6 Å². The second-order valence-corrected chi connectivity index (χ2v) is 6.45. The predicted molar refractivity (Wildman–Crippen MR) is 73.9 cm³/mol. The van der Waals surface area contributed by atoms with Crippen molar-refractivity contribution in [3.8, 4) is 0 Å². The Bertz CT molecular complexity index is 384. The molecule has 0 saturated heterocycles. The van der Waals surface area contributed by atoms with E-state index in [0.29, 0.717) is 11.5 Å². The second kappa shape index (κ2) is 4.40. The van der Waals surface area contributed by atoms with Crippen molar-refractivity contribution in [2.45, 2.75) is 46.1 Å². The van der Waals surface area contributed by atoms with Crippen LogP contribution in [-0.2, 0) is 0 Å². The summed E-state index contributed by atoms with van der Waals surface area (Å²) < 4.78 is 1.15. The number of hydrogen-bond acceptors (Lipinski definition) is 1. The highest BCUT2D eigenvalue weighted by atomic mass is 79.9. The van der Waals surface area contributed by atoms with E-state index in [4.69, 9.17) is 0 Å². The summed E-state index contributed by atoms with van der Waals surface area (Å²) in [5.74, 6) is 0. The summed E-state index contributed by atoms with van der Waals surface area (Å²) in [6.07, 6.45) is 3.97. The third-order valence-corrected chi connectivity index (χ3v) is 4.28. The van der Waals surface area contributed by atoms with Crippen LogP contribution in [0.4, 0.5) is 5.69 Å². The fourth-order valence-corrected chi connectivity index (χ4v) is 2.89. The minimum absolute atomic E-state index is 0.425. The van der Waals surface area contributed by atoms with Gasteiger partial charge in [0, 0.05) is 16.2 Å². The molecule has 1 N–H and O–H groups in total. The van der Waals surface area contributed by atoms with Crippen LogP contribution in [0.5, 0.6) is 0 Å². The van der Waals surface area contributed by atoms with Gasteiger partial charge in [-0.15, -0.1) is 0 Å². The van der Waals surface area contributed by atoms with Crippen LogP contribution in [0.25, 0.3) is 0 Å². The van der Waals surface area contributed by atoms with Crippen molar-refractivity contribution in [1.29, 1.82) is 0 Å². The Morgan fingerprint density at radius 1 is 1.38 bits per heavy atom. The topological polar surface area (TPSA) is 12.0 Å². The molecule has 1 saturated carbocycles. The highest BCUT2D eigenvalue weighted by molar-refractivity contribution is 9.10. The van der Waals surface area contributed by atoms with E-state index in [1.807, 2.05) is 0 Å². The first-order valence-electron chi connectivity index (χ1n) is 6.02. The zero-order chi connectivity index (χ0) is 11.8. The van der Waals surface area contributed by atoms with Crippen LogP contribution in [0.15, 0.2) is 22.7 Å². The van der Waals surface area contributed by atoms with Crippen LogP contribution in [0.3, 0.4) is 0 Å². The van der Waals surface area contributed by atoms with Gasteiger partial charge in [0.1, 0.15) is 0 Å². The highest BCUT2D eigenvalue weighted by Gasteiger charge is 2.34. The maximum atomic E-state index is 3.71. The second-order valence-electron chi connectivity index (χ2n) is 5.54. The molecule has 1 fully saturated rings. The average molecular weight is 282 g/mol. The van der Waals surface area contributed by atoms with Gasteiger partial charge >= 0.3 is 0 Å². The molecular formula is C14H20BrN. The number of anilines is 1. The Labute approximate surface area is 107 Å². The molecule has 1 aliphatic rings. The van der Waals surface area contributed by atoms with Crippen molar-refractivity contribution in [2.24, 2.45) is 5.41 Å². The minimum Gasteiger partial charge on any atom is -0.382 e. The van der Waals surface area contributed by atoms with Crippen LogP contribution >= 0.6 is 15.9 Å². The van der Waals surface area contributed by atoms with Gasteiger partial charge in [0.25, 0.3) is 0 Å². The summed E-state index contributed by atoms with van der Waals surface area (Å²) in [6, 6.07) is 7.05. The highest BCUT2D eigenvalue weighted by Crippen LogP contribution is 2.39. The molecule has 1 unspecified atom stereocenters. The van der Waals surface area contributed by atoms with Gasteiger partial charge in [-0.3, -0.25) is 0 Å². The van der Waals surface area contributed by atoms with Gasteiger partial charge in [-0.05, 0) is 42.9 Å². The summed E-state index contributed by atoms with van der Waals surface area (Å²) in [6.45, 7) is 6.90. The molecule has 88 valence electrons. The largest absolute Gasteiger partial charge is 0.382 e. The van der Waals surface area contributed by atoms with Gasteiger partial charge in [0.15, 0.2) is 0 Å². The van der Waals surface area contributed by atoms with Crippen LogP contribution in [0, 0.1) is 12.3 Å². The summed E-state index contributed by atoms with van der Waals surface area (Å²) in [5, 5.41) is 3.71. The van der Waals surface area contributed by atoms with Crippen LogP contribution in [-0.4, -0.2) is 6.04 Å². The lowest BCUT2D eigenvalue weighted by Gasteiger charge is -2.29. The fraction of sp³-hybridized carbons (Fsp3) is 0.571. The Morgan fingerprint density at radius 3 is 2.75 bits per heavy atom. The van der Waals surface area contributed by atoms with Crippen LogP contribution in [0.1, 0.15) is 38.7 Å². The Balaban J connectivity index is 2.17. The number of rotatable bonds is 2. The molecule has 1 atom stereocenters. The number of aryl methyl sites for hydroxylation is 1. The van der Waals surface area contributed by atoms with E-state index in [0.717, 1.165) is 4.47 Å². The molecule has 0 spiro atoms. The van der Waals surface area contributed by atoms with E-state index in [1.165, 1.54) is 30.5 Å². The third-order valence-electron chi connectivity index (χ3n) is 3.79. The Kier molecular flexibility index (Phi) is 3.29. The number of hydrogen-bond donors (Lipinski definition) is 1. The van der Waals surface area contributed by atoms with Crippen molar-refractivity contribution in [1.82, 2.24) is 0 Å². The summed E-state index contributed by atoms with van der Waals surface area (Å²) in [4.78, 5) is 0. The van der Waals surface area contributed by atoms with E-state index in [1.54, 1.807) is 0 Å². The molecule has 0 bridgehead atoms. The van der Waals surface area contributed by atoms with Crippen molar-refractivity contribution in [3.63, 3.8) is 0 Å². The van der Waals surface area contributed by atoms with Gasteiger partial charge in [-0.1, -0.05) is 42.3 Å². The van der Waals surface area contributed by atoms with E-state index < -0.39 is 0 Å². The zero-order valence-corrected chi connectivity index (χ0v) is 11.9. The Hall–Kier alpha value is -0.500. The first-order chi connectivity index (χ1) is 7.49. The van der Waals surface area contributed by atoms with Crippen molar-refractivity contribution in [3.05, 3.63) is 28.2 Å². The molecule has 0 heterocycles. The third kappa shape index (κ3) is 2.42. The lowest BCUT2D eigenvalue weighted by Crippen LogP contribution is -2.31. The molecule has 0 amide bonds. The minimum atomic E-state index is 0.425. The molecule has 0 radical (unpaired) electrons. The summed E-state index contributed by atoms with van der Waals surface area (Å²) >= 11 is 3.53. The molecule has 16 heavy (non-hydrogen) atoms. The molecule has 1 aromatic carbocycles. The monoisotopic (exact) mass is 281 g/mol. The van der Waals surface area contributed by atoms with E-state index in [2.05, 4.69) is 60.2 Å². The molecule has 0 aromatic heterocycles. The smallest absolute Gasteiger partial charge is 0.0383 e. The maximum absolute atomic E-state index is 3.71. The Morgan fingerprint density at radius 2 is 2.12 bits per heavy atom. The molecule has 1 aromatic rings. The molecular weight excluding hydrogens is 262 g/mol. The molecule has 2 rings (SSSR count). The summed E-state index contributed by atoms with van der Waals surface area (Å²) in [7, 11) is 0. The first-order valence-corrected chi connectivity index (χ1v) is 6.81. The van der Waals surface area contributed by atoms with E-state index in [-0.39, 0.29) is 0 Å². The normalized spacial score (nSPS) is 23.4. The van der Waals surface area contributed by atoms with Gasteiger partial charge < -0.3 is 5.32 Å². The number of nitrogens with one attached hydrogen (secondary N) is 1. The predicted octanol–water partition coefficient (Wildman–Crippen LogP) is 4.75. The van der Waals surface area contributed by atoms with E-state index in [9.17, 15) is 0 Å². The number of benzene rings is 1. The number of halogens is 1. The molecule has 2 heteroatoms. The zero-order valence-electron chi connectivity index (χ0n) is 10.3. The van der Waals surface area contributed by atoms with Gasteiger partial charge in [0.05, 0.1) is 0 Å². The maximum Gasteiger partial charge on any atom is 0.0383 e. The molecule has 1 aliphatic carbocycles. The fourth-order valence-electron chi connectivity index (χ4n) is 2.53. The van der Waals surface area contributed by atoms with Crippen LogP contribution in [0.2, 0.25) is 0 Å². The quantitative estimate of drug-likeness (QED) is 0.825. The van der Waals surface area contributed by atoms with Crippen LogP contribution < -0.4 is 5.32 Å².